The number of anilines is 1. The average molecular weight is 380 g/mol. The van der Waals surface area contributed by atoms with Gasteiger partial charge in [-0.1, -0.05) is 15.9 Å². The Morgan fingerprint density at radius 1 is 1.50 bits per heavy atom. The van der Waals surface area contributed by atoms with Crippen LogP contribution in [0.3, 0.4) is 0 Å². The first kappa shape index (κ1) is 17.2. The van der Waals surface area contributed by atoms with Gasteiger partial charge >= 0.3 is 6.18 Å². The van der Waals surface area contributed by atoms with Crippen LogP contribution in [0.4, 0.5) is 18.9 Å². The van der Waals surface area contributed by atoms with Crippen molar-refractivity contribution in [2.75, 3.05) is 31.5 Å². The minimum atomic E-state index is -4.47. The molecule has 0 aromatic heterocycles. The molecular weight excluding hydrogens is 363 g/mol. The molecule has 0 spiro atoms. The van der Waals surface area contributed by atoms with Crippen molar-refractivity contribution in [1.29, 1.82) is 0 Å². The van der Waals surface area contributed by atoms with E-state index in [9.17, 15) is 18.0 Å². The SMILES string of the molecule is C[C@H]1CNCCN1CC(=O)Nc1ccc(Br)c(C(F)(F)F)c1. The van der Waals surface area contributed by atoms with Crippen molar-refractivity contribution in [3.8, 4) is 0 Å². The number of benzene rings is 1. The van der Waals surface area contributed by atoms with E-state index in [4.69, 9.17) is 0 Å². The molecule has 0 aliphatic carbocycles. The van der Waals surface area contributed by atoms with Crippen LogP contribution in [0.1, 0.15) is 12.5 Å². The van der Waals surface area contributed by atoms with Crippen molar-refractivity contribution in [2.45, 2.75) is 19.1 Å². The van der Waals surface area contributed by atoms with Crippen LogP contribution in [0.2, 0.25) is 0 Å². The molecule has 2 N–H and O–H groups in total. The maximum Gasteiger partial charge on any atom is 0.417 e. The summed E-state index contributed by atoms with van der Waals surface area (Å²) in [6.07, 6.45) is -4.47. The van der Waals surface area contributed by atoms with Gasteiger partial charge in [-0.2, -0.15) is 13.2 Å². The molecular formula is C14H17BrF3N3O. The molecule has 0 radical (unpaired) electrons. The quantitative estimate of drug-likeness (QED) is 0.848. The van der Waals surface area contributed by atoms with Gasteiger partial charge in [0.05, 0.1) is 12.1 Å². The highest BCUT2D eigenvalue weighted by atomic mass is 79.9. The number of alkyl halides is 3. The maximum atomic E-state index is 12.8. The van der Waals surface area contributed by atoms with Crippen LogP contribution in [0, 0.1) is 0 Å². The van der Waals surface area contributed by atoms with Crippen molar-refractivity contribution < 1.29 is 18.0 Å². The van der Waals surface area contributed by atoms with Crippen LogP contribution in [0.25, 0.3) is 0 Å². The second kappa shape index (κ2) is 6.97. The van der Waals surface area contributed by atoms with E-state index in [-0.39, 0.29) is 28.7 Å². The highest BCUT2D eigenvalue weighted by Gasteiger charge is 2.33. The molecule has 1 amide bonds. The zero-order valence-electron chi connectivity index (χ0n) is 12.0. The van der Waals surface area contributed by atoms with Crippen molar-refractivity contribution >= 4 is 27.5 Å². The van der Waals surface area contributed by atoms with E-state index < -0.39 is 11.7 Å². The number of hydrogen-bond donors (Lipinski definition) is 2. The molecule has 8 heteroatoms. The molecule has 1 heterocycles. The lowest BCUT2D eigenvalue weighted by Gasteiger charge is -2.33. The van der Waals surface area contributed by atoms with Crippen LogP contribution in [0.5, 0.6) is 0 Å². The molecule has 1 aliphatic heterocycles. The summed E-state index contributed by atoms with van der Waals surface area (Å²) < 4.78 is 38.4. The molecule has 0 saturated carbocycles. The van der Waals surface area contributed by atoms with E-state index in [1.165, 1.54) is 12.1 Å². The highest BCUT2D eigenvalue weighted by molar-refractivity contribution is 9.10. The summed E-state index contributed by atoms with van der Waals surface area (Å²) in [6, 6.07) is 3.88. The minimum Gasteiger partial charge on any atom is -0.325 e. The van der Waals surface area contributed by atoms with Gasteiger partial charge in [-0.05, 0) is 25.1 Å². The Kier molecular flexibility index (Phi) is 5.46. The van der Waals surface area contributed by atoms with Gasteiger partial charge in [0.2, 0.25) is 5.91 Å². The van der Waals surface area contributed by atoms with Gasteiger partial charge in [0.1, 0.15) is 0 Å². The Hall–Kier alpha value is -1.12. The first-order valence-electron chi connectivity index (χ1n) is 6.89. The van der Waals surface area contributed by atoms with Gasteiger partial charge in [-0.25, -0.2) is 0 Å². The van der Waals surface area contributed by atoms with Crippen molar-refractivity contribution in [2.24, 2.45) is 0 Å². The molecule has 1 aliphatic rings. The Bertz CT molecular complexity index is 551. The van der Waals surface area contributed by atoms with Crippen LogP contribution in [-0.2, 0) is 11.0 Å². The monoisotopic (exact) mass is 379 g/mol. The number of nitrogens with zero attached hydrogens (tertiary/aromatic N) is 1. The highest BCUT2D eigenvalue weighted by Crippen LogP contribution is 2.36. The van der Waals surface area contributed by atoms with Gasteiger partial charge in [0.25, 0.3) is 0 Å². The van der Waals surface area contributed by atoms with Crippen molar-refractivity contribution in [3.63, 3.8) is 0 Å². The van der Waals surface area contributed by atoms with E-state index in [1.54, 1.807) is 0 Å². The molecule has 22 heavy (non-hydrogen) atoms. The van der Waals surface area contributed by atoms with Crippen molar-refractivity contribution in [3.05, 3.63) is 28.2 Å². The van der Waals surface area contributed by atoms with Gasteiger partial charge in [0.15, 0.2) is 0 Å². The van der Waals surface area contributed by atoms with Gasteiger partial charge < -0.3 is 10.6 Å². The third-order valence-corrected chi connectivity index (χ3v) is 4.23. The van der Waals surface area contributed by atoms with E-state index in [2.05, 4.69) is 26.6 Å². The summed E-state index contributed by atoms with van der Waals surface area (Å²) in [5, 5.41) is 5.74. The number of carbonyl (C=O) groups is 1. The van der Waals surface area contributed by atoms with Gasteiger partial charge in [0, 0.05) is 35.8 Å². The molecule has 0 bridgehead atoms. The Labute approximate surface area is 135 Å². The first-order chi connectivity index (χ1) is 10.3. The van der Waals surface area contributed by atoms with Crippen LogP contribution in [0.15, 0.2) is 22.7 Å². The fourth-order valence-corrected chi connectivity index (χ4v) is 2.79. The predicted molar refractivity (Wildman–Crippen MR) is 81.7 cm³/mol. The largest absolute Gasteiger partial charge is 0.417 e. The Morgan fingerprint density at radius 2 is 2.23 bits per heavy atom. The molecule has 1 fully saturated rings. The molecule has 1 aromatic rings. The zero-order chi connectivity index (χ0) is 16.3. The number of amides is 1. The van der Waals surface area contributed by atoms with Gasteiger partial charge in [-0.15, -0.1) is 0 Å². The van der Waals surface area contributed by atoms with Crippen LogP contribution < -0.4 is 10.6 Å². The molecule has 1 saturated heterocycles. The van der Waals surface area contributed by atoms with E-state index in [0.29, 0.717) is 0 Å². The Morgan fingerprint density at radius 3 is 2.86 bits per heavy atom. The van der Waals surface area contributed by atoms with E-state index >= 15 is 0 Å². The molecule has 4 nitrogen and oxygen atoms in total. The number of hydrogen-bond acceptors (Lipinski definition) is 3. The summed E-state index contributed by atoms with van der Waals surface area (Å²) in [4.78, 5) is 14.0. The lowest BCUT2D eigenvalue weighted by molar-refractivity contribution is -0.138. The molecule has 0 unspecified atom stereocenters. The van der Waals surface area contributed by atoms with Crippen LogP contribution >= 0.6 is 15.9 Å². The lowest BCUT2D eigenvalue weighted by Crippen LogP contribution is -2.51. The van der Waals surface area contributed by atoms with Crippen LogP contribution in [-0.4, -0.2) is 43.0 Å². The lowest BCUT2D eigenvalue weighted by atomic mass is 10.2. The first-order valence-corrected chi connectivity index (χ1v) is 7.68. The predicted octanol–water partition coefficient (Wildman–Crippen LogP) is 2.70. The summed E-state index contributed by atoms with van der Waals surface area (Å²) in [5.41, 5.74) is -0.663. The number of nitrogens with one attached hydrogen (secondary N) is 2. The molecule has 1 aromatic carbocycles. The fraction of sp³-hybridized carbons (Fsp3) is 0.500. The molecule has 2 rings (SSSR count). The summed E-state index contributed by atoms with van der Waals surface area (Å²) >= 11 is 2.87. The number of piperazine rings is 1. The van der Waals surface area contributed by atoms with Gasteiger partial charge in [-0.3, -0.25) is 9.69 Å². The summed E-state index contributed by atoms with van der Waals surface area (Å²) in [7, 11) is 0. The third kappa shape index (κ3) is 4.44. The fourth-order valence-electron chi connectivity index (χ4n) is 2.32. The molecule has 1 atom stereocenters. The van der Waals surface area contributed by atoms with Crippen molar-refractivity contribution in [1.82, 2.24) is 10.2 Å². The summed E-state index contributed by atoms with van der Waals surface area (Å²) in [5.74, 6) is -0.316. The number of rotatable bonds is 3. The maximum absolute atomic E-state index is 12.8. The molecule has 122 valence electrons. The smallest absolute Gasteiger partial charge is 0.325 e. The normalized spacial score (nSPS) is 20.0. The number of halogens is 4. The number of carbonyl (C=O) groups excluding carboxylic acids is 1. The second-order valence-corrected chi connectivity index (χ2v) is 6.12. The minimum absolute atomic E-state index is 0.0475. The standard InChI is InChI=1S/C14H17BrF3N3O/c1-9-7-19-4-5-21(9)8-13(22)20-10-2-3-12(15)11(6-10)14(16,17)18/h2-3,6,9,19H,4-5,7-8H2,1H3,(H,20,22)/t9-/m0/s1. The average Bonchev–Trinajstić information content (AvgIpc) is 2.42. The zero-order valence-corrected chi connectivity index (χ0v) is 13.6. The van der Waals surface area contributed by atoms with E-state index in [0.717, 1.165) is 25.7 Å². The topological polar surface area (TPSA) is 44.4 Å². The second-order valence-electron chi connectivity index (χ2n) is 5.26. The van der Waals surface area contributed by atoms with E-state index in [1.807, 2.05) is 11.8 Å². The third-order valence-electron chi connectivity index (χ3n) is 3.54. The summed E-state index contributed by atoms with van der Waals surface area (Å²) in [6.45, 7) is 4.50. The Balaban J connectivity index is 2.02.